The van der Waals surface area contributed by atoms with Crippen LogP contribution in [0.4, 0.5) is 0 Å². The van der Waals surface area contributed by atoms with Crippen LogP contribution < -0.4 is 5.32 Å². The molecule has 2 amide bonds. The Kier molecular flexibility index (Phi) is 4.13. The van der Waals surface area contributed by atoms with Gasteiger partial charge in [-0.25, -0.2) is 0 Å². The first-order valence-corrected chi connectivity index (χ1v) is 6.57. The van der Waals surface area contributed by atoms with Crippen LogP contribution in [0.1, 0.15) is 26.1 Å². The van der Waals surface area contributed by atoms with Crippen LogP contribution in [0.25, 0.3) is 0 Å². The summed E-state index contributed by atoms with van der Waals surface area (Å²) in [5.41, 5.74) is 0. The number of hydrogen-bond donors (Lipinski definition) is 1. The Labute approximate surface area is 112 Å². The van der Waals surface area contributed by atoms with Crippen molar-refractivity contribution in [2.24, 2.45) is 5.92 Å². The quantitative estimate of drug-likeness (QED) is 0.798. The van der Waals surface area contributed by atoms with Crippen molar-refractivity contribution in [3.05, 3.63) is 12.2 Å². The molecule has 1 atom stereocenters. The van der Waals surface area contributed by atoms with Gasteiger partial charge in [0.25, 0.3) is 0 Å². The molecule has 7 heteroatoms. The number of carbonyl (C=O) groups excluding carboxylic acids is 2. The van der Waals surface area contributed by atoms with Gasteiger partial charge in [0.15, 0.2) is 5.82 Å². The Morgan fingerprint density at radius 1 is 1.47 bits per heavy atom. The van der Waals surface area contributed by atoms with E-state index in [0.29, 0.717) is 26.1 Å². The predicted octanol–water partition coefficient (Wildman–Crippen LogP) is -0.217. The average Bonchev–Trinajstić information content (AvgIpc) is 3.01. The molecule has 2 rings (SSSR count). The molecule has 1 aromatic heterocycles. The van der Waals surface area contributed by atoms with Gasteiger partial charge >= 0.3 is 0 Å². The minimum Gasteiger partial charge on any atom is -0.348 e. The fourth-order valence-corrected chi connectivity index (χ4v) is 2.24. The summed E-state index contributed by atoms with van der Waals surface area (Å²) in [5.74, 6) is 0.451. The first-order chi connectivity index (χ1) is 9.15. The van der Waals surface area contributed by atoms with Crippen molar-refractivity contribution in [1.29, 1.82) is 0 Å². The molecule has 2 heterocycles. The fourth-order valence-electron chi connectivity index (χ4n) is 2.24. The molecule has 1 aromatic rings. The summed E-state index contributed by atoms with van der Waals surface area (Å²) in [7, 11) is 0. The van der Waals surface area contributed by atoms with E-state index < -0.39 is 0 Å². The maximum absolute atomic E-state index is 12.0. The van der Waals surface area contributed by atoms with Gasteiger partial charge in [0.2, 0.25) is 11.8 Å². The number of amides is 2. The van der Waals surface area contributed by atoms with E-state index in [1.165, 1.54) is 0 Å². The Morgan fingerprint density at radius 3 is 2.89 bits per heavy atom. The molecule has 7 nitrogen and oxygen atoms in total. The summed E-state index contributed by atoms with van der Waals surface area (Å²) in [6.45, 7) is 6.20. The Balaban J connectivity index is 1.87. The normalized spacial score (nSPS) is 18.9. The number of carbonyl (C=O) groups is 2. The van der Waals surface area contributed by atoms with Gasteiger partial charge in [0, 0.05) is 26.1 Å². The highest BCUT2D eigenvalue weighted by Gasteiger charge is 2.33. The minimum absolute atomic E-state index is 0.0550. The van der Waals surface area contributed by atoms with E-state index >= 15 is 0 Å². The van der Waals surface area contributed by atoms with E-state index in [2.05, 4.69) is 15.5 Å². The molecule has 0 aliphatic carbocycles. The van der Waals surface area contributed by atoms with Crippen LogP contribution in [0.5, 0.6) is 0 Å². The van der Waals surface area contributed by atoms with Gasteiger partial charge in [-0.05, 0) is 13.8 Å². The second-order valence-electron chi connectivity index (χ2n) is 4.58. The van der Waals surface area contributed by atoms with Crippen LogP contribution >= 0.6 is 0 Å². The van der Waals surface area contributed by atoms with Gasteiger partial charge in [-0.3, -0.25) is 9.59 Å². The molecule has 1 fully saturated rings. The number of aryl methyl sites for hydroxylation is 1. The number of hydrogen-bond acceptors (Lipinski definition) is 4. The lowest BCUT2D eigenvalue weighted by Gasteiger charge is -2.13. The molecule has 0 bridgehead atoms. The molecule has 1 aliphatic rings. The van der Waals surface area contributed by atoms with Crippen molar-refractivity contribution < 1.29 is 9.59 Å². The molecular formula is C12H19N5O2. The maximum Gasteiger partial charge on any atom is 0.225 e. The summed E-state index contributed by atoms with van der Waals surface area (Å²) in [6, 6.07) is 0. The standard InChI is InChI=1S/C12H19N5O2/c1-3-16-7-9(5-11(16)18)12(19)13-6-10-15-14-8-17(10)4-2/h8-9H,3-7H2,1-2H3,(H,13,19)/t9-/m1/s1. The van der Waals surface area contributed by atoms with Crippen LogP contribution in [0.3, 0.4) is 0 Å². The van der Waals surface area contributed by atoms with Crippen molar-refractivity contribution in [2.75, 3.05) is 13.1 Å². The van der Waals surface area contributed by atoms with Gasteiger partial charge in [0.1, 0.15) is 6.33 Å². The number of likely N-dealkylation sites (tertiary alicyclic amines) is 1. The molecule has 1 N–H and O–H groups in total. The van der Waals surface area contributed by atoms with Gasteiger partial charge in [0.05, 0.1) is 12.5 Å². The summed E-state index contributed by atoms with van der Waals surface area (Å²) >= 11 is 0. The largest absolute Gasteiger partial charge is 0.348 e. The molecule has 104 valence electrons. The minimum atomic E-state index is -0.245. The smallest absolute Gasteiger partial charge is 0.225 e. The molecule has 0 spiro atoms. The lowest BCUT2D eigenvalue weighted by Crippen LogP contribution is -2.33. The number of aromatic nitrogens is 3. The average molecular weight is 265 g/mol. The van der Waals surface area contributed by atoms with E-state index in [9.17, 15) is 9.59 Å². The number of rotatable bonds is 5. The van der Waals surface area contributed by atoms with Gasteiger partial charge in [-0.2, -0.15) is 0 Å². The third kappa shape index (κ3) is 2.91. The Morgan fingerprint density at radius 2 is 2.26 bits per heavy atom. The molecule has 0 aromatic carbocycles. The molecule has 0 radical (unpaired) electrons. The lowest BCUT2D eigenvalue weighted by molar-refractivity contribution is -0.128. The van der Waals surface area contributed by atoms with Crippen molar-refractivity contribution in [3.63, 3.8) is 0 Å². The monoisotopic (exact) mass is 265 g/mol. The Bertz CT molecular complexity index is 470. The molecule has 19 heavy (non-hydrogen) atoms. The predicted molar refractivity (Wildman–Crippen MR) is 67.9 cm³/mol. The van der Waals surface area contributed by atoms with Crippen molar-refractivity contribution >= 4 is 11.8 Å². The topological polar surface area (TPSA) is 80.1 Å². The third-order valence-electron chi connectivity index (χ3n) is 3.42. The van der Waals surface area contributed by atoms with Crippen LogP contribution in [-0.2, 0) is 22.7 Å². The first kappa shape index (κ1) is 13.5. The van der Waals surface area contributed by atoms with E-state index in [4.69, 9.17) is 0 Å². The number of nitrogens with zero attached hydrogens (tertiary/aromatic N) is 4. The van der Waals surface area contributed by atoms with Gasteiger partial charge in [-0.1, -0.05) is 0 Å². The second kappa shape index (κ2) is 5.81. The van der Waals surface area contributed by atoms with Gasteiger partial charge < -0.3 is 14.8 Å². The summed E-state index contributed by atoms with van der Waals surface area (Å²) in [5, 5.41) is 10.6. The van der Waals surface area contributed by atoms with Crippen molar-refractivity contribution in [1.82, 2.24) is 25.0 Å². The molecule has 0 saturated carbocycles. The highest BCUT2D eigenvalue weighted by Crippen LogP contribution is 2.17. The summed E-state index contributed by atoms with van der Waals surface area (Å²) < 4.78 is 1.87. The highest BCUT2D eigenvalue weighted by atomic mass is 16.2. The summed E-state index contributed by atoms with van der Waals surface area (Å²) in [4.78, 5) is 25.3. The van der Waals surface area contributed by atoms with E-state index in [0.717, 1.165) is 12.4 Å². The first-order valence-electron chi connectivity index (χ1n) is 6.57. The summed E-state index contributed by atoms with van der Waals surface area (Å²) in [6.07, 6.45) is 1.94. The third-order valence-corrected chi connectivity index (χ3v) is 3.42. The van der Waals surface area contributed by atoms with Gasteiger partial charge in [-0.15, -0.1) is 10.2 Å². The zero-order valence-electron chi connectivity index (χ0n) is 11.3. The second-order valence-corrected chi connectivity index (χ2v) is 4.58. The van der Waals surface area contributed by atoms with E-state index in [1.54, 1.807) is 11.2 Å². The van der Waals surface area contributed by atoms with E-state index in [-0.39, 0.29) is 17.7 Å². The maximum atomic E-state index is 12.0. The highest BCUT2D eigenvalue weighted by molar-refractivity contribution is 5.89. The molecule has 1 saturated heterocycles. The van der Waals surface area contributed by atoms with Crippen molar-refractivity contribution in [2.45, 2.75) is 33.4 Å². The number of nitrogens with one attached hydrogen (secondary N) is 1. The van der Waals surface area contributed by atoms with Crippen LogP contribution in [0.15, 0.2) is 6.33 Å². The zero-order valence-corrected chi connectivity index (χ0v) is 11.3. The van der Waals surface area contributed by atoms with Crippen molar-refractivity contribution in [3.8, 4) is 0 Å². The zero-order chi connectivity index (χ0) is 13.8. The molecule has 1 aliphatic heterocycles. The Hall–Kier alpha value is -1.92. The van der Waals surface area contributed by atoms with Crippen LogP contribution in [0.2, 0.25) is 0 Å². The van der Waals surface area contributed by atoms with Crippen LogP contribution in [0, 0.1) is 5.92 Å². The lowest BCUT2D eigenvalue weighted by atomic mass is 10.1. The van der Waals surface area contributed by atoms with Crippen LogP contribution in [-0.4, -0.2) is 44.6 Å². The molecular weight excluding hydrogens is 246 g/mol. The SMILES string of the molecule is CCN1C[C@H](C(=O)NCc2nncn2CC)CC1=O. The van der Waals surface area contributed by atoms with E-state index in [1.807, 2.05) is 18.4 Å². The molecule has 0 unspecified atom stereocenters. The fraction of sp³-hybridized carbons (Fsp3) is 0.667.